The van der Waals surface area contributed by atoms with Crippen molar-refractivity contribution in [2.45, 2.75) is 46.6 Å². The second-order valence-corrected chi connectivity index (χ2v) is 10.2. The third-order valence-electron chi connectivity index (χ3n) is 3.52. The Morgan fingerprint density at radius 3 is 2.08 bits per heavy atom. The molecule has 0 aliphatic carbocycles. The molecule has 0 heterocycles. The van der Waals surface area contributed by atoms with Gasteiger partial charge in [0.1, 0.15) is 5.75 Å². The molecule has 142 valence electrons. The molecule has 0 aliphatic heterocycles. The van der Waals surface area contributed by atoms with E-state index < -0.39 is 10.0 Å². The lowest BCUT2D eigenvalue weighted by molar-refractivity contribution is -0.125. The highest BCUT2D eigenvalue weighted by Crippen LogP contribution is 2.26. The zero-order valence-corrected chi connectivity index (χ0v) is 17.0. The van der Waals surface area contributed by atoms with Gasteiger partial charge >= 0.3 is 0 Å². The summed E-state index contributed by atoms with van der Waals surface area (Å²) >= 11 is 0. The summed E-state index contributed by atoms with van der Waals surface area (Å²) in [5.41, 5.74) is 0.324. The Morgan fingerprint density at radius 2 is 1.64 bits per heavy atom. The van der Waals surface area contributed by atoms with E-state index in [0.717, 1.165) is 12.7 Å². The average molecular weight is 371 g/mol. The molecule has 0 aromatic heterocycles. The molecule has 0 bridgehead atoms. The van der Waals surface area contributed by atoms with Gasteiger partial charge in [0, 0.05) is 12.6 Å². The SMILES string of the molecule is CN(c1ccc(OCC(=O)NC(C)(C)CC(C)(C)C)cc1)S(C)(=O)=O. The van der Waals surface area contributed by atoms with E-state index in [4.69, 9.17) is 4.74 Å². The molecule has 0 unspecified atom stereocenters. The Balaban J connectivity index is 2.60. The van der Waals surface area contributed by atoms with Crippen LogP contribution in [0.25, 0.3) is 0 Å². The molecule has 1 aromatic carbocycles. The van der Waals surface area contributed by atoms with Crippen LogP contribution >= 0.6 is 0 Å². The van der Waals surface area contributed by atoms with Gasteiger partial charge in [0.2, 0.25) is 10.0 Å². The highest BCUT2D eigenvalue weighted by atomic mass is 32.2. The highest BCUT2D eigenvalue weighted by molar-refractivity contribution is 7.92. The van der Waals surface area contributed by atoms with Crippen molar-refractivity contribution >= 4 is 21.6 Å². The van der Waals surface area contributed by atoms with Gasteiger partial charge in [-0.15, -0.1) is 0 Å². The topological polar surface area (TPSA) is 75.7 Å². The van der Waals surface area contributed by atoms with Gasteiger partial charge in [-0.25, -0.2) is 8.42 Å². The van der Waals surface area contributed by atoms with E-state index in [1.54, 1.807) is 24.3 Å². The summed E-state index contributed by atoms with van der Waals surface area (Å²) in [4.78, 5) is 12.1. The minimum atomic E-state index is -3.30. The van der Waals surface area contributed by atoms with E-state index in [1.807, 2.05) is 13.8 Å². The lowest BCUT2D eigenvalue weighted by atomic mass is 9.82. The first-order valence-electron chi connectivity index (χ1n) is 8.17. The summed E-state index contributed by atoms with van der Waals surface area (Å²) in [5.74, 6) is 0.320. The van der Waals surface area contributed by atoms with Crippen LogP contribution in [-0.2, 0) is 14.8 Å². The van der Waals surface area contributed by atoms with Gasteiger partial charge in [-0.3, -0.25) is 9.10 Å². The van der Waals surface area contributed by atoms with Crippen molar-refractivity contribution in [2.24, 2.45) is 5.41 Å². The molecule has 0 aliphatic rings. The Labute approximate surface area is 151 Å². The van der Waals surface area contributed by atoms with Crippen LogP contribution in [0.15, 0.2) is 24.3 Å². The summed E-state index contributed by atoms with van der Waals surface area (Å²) in [6, 6.07) is 6.56. The third-order valence-corrected chi connectivity index (χ3v) is 4.72. The summed E-state index contributed by atoms with van der Waals surface area (Å²) < 4.78 is 29.7. The van der Waals surface area contributed by atoms with Crippen LogP contribution in [0.1, 0.15) is 41.0 Å². The van der Waals surface area contributed by atoms with E-state index in [0.29, 0.717) is 11.4 Å². The van der Waals surface area contributed by atoms with Gasteiger partial charge in [0.05, 0.1) is 11.9 Å². The molecule has 1 rings (SSSR count). The van der Waals surface area contributed by atoms with Crippen molar-refractivity contribution in [3.8, 4) is 5.75 Å². The highest BCUT2D eigenvalue weighted by Gasteiger charge is 2.27. The van der Waals surface area contributed by atoms with Crippen molar-refractivity contribution in [3.05, 3.63) is 24.3 Å². The summed E-state index contributed by atoms with van der Waals surface area (Å²) in [5, 5.41) is 2.98. The first-order valence-corrected chi connectivity index (χ1v) is 10.0. The maximum Gasteiger partial charge on any atom is 0.258 e. The molecular formula is C18H30N2O4S. The number of ether oxygens (including phenoxy) is 1. The predicted molar refractivity (Wildman–Crippen MR) is 101 cm³/mol. The molecule has 0 saturated carbocycles. The lowest BCUT2D eigenvalue weighted by Crippen LogP contribution is -2.47. The minimum absolute atomic E-state index is 0.0885. The lowest BCUT2D eigenvalue weighted by Gasteiger charge is -2.33. The van der Waals surface area contributed by atoms with Crippen LogP contribution in [0, 0.1) is 5.41 Å². The smallest absolute Gasteiger partial charge is 0.258 e. The molecule has 0 saturated heterocycles. The van der Waals surface area contributed by atoms with Gasteiger partial charge in [-0.2, -0.15) is 0 Å². The molecule has 0 atom stereocenters. The molecule has 6 nitrogen and oxygen atoms in total. The summed E-state index contributed by atoms with van der Waals surface area (Å²) in [6.45, 7) is 10.3. The molecule has 0 fully saturated rings. The number of carbonyl (C=O) groups is 1. The van der Waals surface area contributed by atoms with Gasteiger partial charge in [-0.1, -0.05) is 20.8 Å². The van der Waals surface area contributed by atoms with E-state index in [9.17, 15) is 13.2 Å². The van der Waals surface area contributed by atoms with E-state index in [-0.39, 0.29) is 23.5 Å². The molecule has 1 aromatic rings. The molecule has 1 N–H and O–H groups in total. The van der Waals surface area contributed by atoms with Crippen LogP contribution in [-0.4, -0.2) is 39.8 Å². The number of rotatable bonds is 7. The maximum atomic E-state index is 12.1. The van der Waals surface area contributed by atoms with Crippen LogP contribution in [0.3, 0.4) is 0 Å². The van der Waals surface area contributed by atoms with Gasteiger partial charge < -0.3 is 10.1 Å². The Bertz CT molecular complexity index is 689. The number of nitrogens with one attached hydrogen (secondary N) is 1. The molecule has 0 radical (unpaired) electrons. The van der Waals surface area contributed by atoms with Crippen LogP contribution in [0.2, 0.25) is 0 Å². The molecule has 25 heavy (non-hydrogen) atoms. The predicted octanol–water partition coefficient (Wildman–Crippen LogP) is 2.79. The van der Waals surface area contributed by atoms with Crippen LogP contribution in [0.4, 0.5) is 5.69 Å². The van der Waals surface area contributed by atoms with E-state index in [2.05, 4.69) is 26.1 Å². The van der Waals surface area contributed by atoms with E-state index >= 15 is 0 Å². The fourth-order valence-electron chi connectivity index (χ4n) is 2.88. The Hall–Kier alpha value is -1.76. The largest absolute Gasteiger partial charge is 0.484 e. The van der Waals surface area contributed by atoms with Crippen LogP contribution in [0.5, 0.6) is 5.75 Å². The van der Waals surface area contributed by atoms with Crippen molar-refractivity contribution < 1.29 is 17.9 Å². The number of sulfonamides is 1. The van der Waals surface area contributed by atoms with Gasteiger partial charge in [0.25, 0.3) is 5.91 Å². The summed E-state index contributed by atoms with van der Waals surface area (Å²) in [7, 11) is -1.82. The van der Waals surface area contributed by atoms with E-state index in [1.165, 1.54) is 11.4 Å². The standard InChI is InChI=1S/C18H30N2O4S/c1-17(2,3)13-18(4,5)19-16(21)12-24-15-10-8-14(9-11-15)20(6)25(7,22)23/h8-11H,12-13H2,1-7H3,(H,19,21). The molecule has 7 heteroatoms. The number of hydrogen-bond acceptors (Lipinski definition) is 4. The number of benzene rings is 1. The number of anilines is 1. The van der Waals surface area contributed by atoms with Crippen molar-refractivity contribution in [1.29, 1.82) is 0 Å². The van der Waals surface area contributed by atoms with Crippen LogP contribution < -0.4 is 14.4 Å². The van der Waals surface area contributed by atoms with Gasteiger partial charge in [-0.05, 0) is 49.9 Å². The van der Waals surface area contributed by atoms with Crippen molar-refractivity contribution in [2.75, 3.05) is 24.2 Å². The first-order chi connectivity index (χ1) is 11.2. The summed E-state index contributed by atoms with van der Waals surface area (Å²) in [6.07, 6.45) is 1.99. The van der Waals surface area contributed by atoms with Gasteiger partial charge in [0.15, 0.2) is 6.61 Å². The molecule has 0 spiro atoms. The first kappa shape index (κ1) is 21.3. The molecular weight excluding hydrogens is 340 g/mol. The number of nitrogens with zero attached hydrogens (tertiary/aromatic N) is 1. The fourth-order valence-corrected chi connectivity index (χ4v) is 3.38. The Kier molecular flexibility index (Phi) is 6.50. The monoisotopic (exact) mass is 370 g/mol. The average Bonchev–Trinajstić information content (AvgIpc) is 2.40. The van der Waals surface area contributed by atoms with Crippen molar-refractivity contribution in [1.82, 2.24) is 5.32 Å². The molecule has 1 amide bonds. The third kappa shape index (κ3) is 7.77. The normalized spacial score (nSPS) is 12.6. The fraction of sp³-hybridized carbons (Fsp3) is 0.611. The Morgan fingerprint density at radius 1 is 1.12 bits per heavy atom. The second kappa shape index (κ2) is 7.64. The van der Waals surface area contributed by atoms with Crippen molar-refractivity contribution in [3.63, 3.8) is 0 Å². The number of carbonyl (C=O) groups excluding carboxylic acids is 1. The number of amides is 1. The maximum absolute atomic E-state index is 12.1. The zero-order valence-electron chi connectivity index (χ0n) is 16.2. The number of hydrogen-bond donors (Lipinski definition) is 1. The quantitative estimate of drug-likeness (QED) is 0.801. The second-order valence-electron chi connectivity index (χ2n) is 8.18. The minimum Gasteiger partial charge on any atom is -0.484 e. The zero-order chi connectivity index (χ0) is 19.5.